The molecule has 0 radical (unpaired) electrons. The molecule has 30 heavy (non-hydrogen) atoms. The third-order valence-electron chi connectivity index (χ3n) is 5.15. The summed E-state index contributed by atoms with van der Waals surface area (Å²) >= 11 is 0. The fraction of sp³-hybridized carbons (Fsp3) is 0.286. The zero-order valence-electron chi connectivity index (χ0n) is 16.5. The van der Waals surface area contributed by atoms with E-state index in [1.165, 1.54) is 22.5 Å². The van der Waals surface area contributed by atoms with E-state index >= 15 is 0 Å². The van der Waals surface area contributed by atoms with Crippen molar-refractivity contribution >= 4 is 21.8 Å². The number of piperidine rings is 1. The second-order valence-corrected chi connectivity index (χ2v) is 9.20. The lowest BCUT2D eigenvalue weighted by molar-refractivity contribution is 0.312. The maximum atomic E-state index is 13.6. The molecule has 9 heteroatoms. The van der Waals surface area contributed by atoms with Gasteiger partial charge in [0.1, 0.15) is 11.6 Å². The lowest BCUT2D eigenvalue weighted by atomic mass is 9.96. The third kappa shape index (κ3) is 4.31. The second kappa shape index (κ2) is 8.45. The smallest absolute Gasteiger partial charge is 0.243 e. The number of aryl methyl sites for hydroxylation is 1. The Morgan fingerprint density at radius 3 is 2.70 bits per heavy atom. The number of aromatic nitrogens is 3. The lowest BCUT2D eigenvalue weighted by Crippen LogP contribution is -2.39. The van der Waals surface area contributed by atoms with Crippen molar-refractivity contribution in [2.24, 2.45) is 0 Å². The fourth-order valence-corrected chi connectivity index (χ4v) is 5.17. The Balaban J connectivity index is 1.54. The van der Waals surface area contributed by atoms with Crippen molar-refractivity contribution in [2.75, 3.05) is 18.4 Å². The number of anilines is 2. The molecule has 0 saturated carbocycles. The van der Waals surface area contributed by atoms with E-state index in [1.54, 1.807) is 25.4 Å². The molecule has 3 heterocycles. The summed E-state index contributed by atoms with van der Waals surface area (Å²) < 4.78 is 41.2. The van der Waals surface area contributed by atoms with E-state index in [2.05, 4.69) is 20.3 Å². The highest BCUT2D eigenvalue weighted by atomic mass is 32.2. The van der Waals surface area contributed by atoms with E-state index in [0.29, 0.717) is 30.4 Å². The van der Waals surface area contributed by atoms with Crippen LogP contribution in [-0.2, 0) is 10.0 Å². The minimum Gasteiger partial charge on any atom is -0.309 e. The first-order valence-corrected chi connectivity index (χ1v) is 11.1. The molecule has 156 valence electrons. The van der Waals surface area contributed by atoms with Crippen LogP contribution in [0.4, 0.5) is 16.2 Å². The molecule has 2 aromatic heterocycles. The molecule has 1 saturated heterocycles. The van der Waals surface area contributed by atoms with Gasteiger partial charge in [-0.2, -0.15) is 4.31 Å². The van der Waals surface area contributed by atoms with Crippen molar-refractivity contribution in [3.05, 3.63) is 71.9 Å². The minimum absolute atomic E-state index is 0.0338. The van der Waals surface area contributed by atoms with Crippen LogP contribution in [-0.4, -0.2) is 40.8 Å². The Labute approximate surface area is 175 Å². The minimum atomic E-state index is -3.70. The number of nitrogens with zero attached hydrogens (tertiary/aromatic N) is 4. The average molecular weight is 428 g/mol. The van der Waals surface area contributed by atoms with Gasteiger partial charge in [-0.25, -0.2) is 27.8 Å². The average Bonchev–Trinajstić information content (AvgIpc) is 2.76. The summed E-state index contributed by atoms with van der Waals surface area (Å²) in [6.07, 6.45) is 4.85. The highest BCUT2D eigenvalue weighted by Crippen LogP contribution is 2.30. The van der Waals surface area contributed by atoms with Gasteiger partial charge in [-0.3, -0.25) is 0 Å². The van der Waals surface area contributed by atoms with Crippen LogP contribution in [0.2, 0.25) is 0 Å². The predicted octanol–water partition coefficient (Wildman–Crippen LogP) is 3.63. The topological polar surface area (TPSA) is 88.1 Å². The number of halogens is 1. The van der Waals surface area contributed by atoms with Gasteiger partial charge in [-0.05, 0) is 61.7 Å². The Bertz CT molecular complexity index is 1140. The molecule has 1 aliphatic rings. The first-order valence-electron chi connectivity index (χ1n) is 9.71. The zero-order chi connectivity index (χ0) is 21.1. The number of hydrogen-bond acceptors (Lipinski definition) is 6. The Hall–Kier alpha value is -2.91. The summed E-state index contributed by atoms with van der Waals surface area (Å²) in [5.74, 6) is 0.601. The Morgan fingerprint density at radius 1 is 1.13 bits per heavy atom. The van der Waals surface area contributed by atoms with Gasteiger partial charge in [-0.15, -0.1) is 0 Å². The lowest BCUT2D eigenvalue weighted by Gasteiger charge is -2.31. The van der Waals surface area contributed by atoms with Crippen molar-refractivity contribution in [1.29, 1.82) is 0 Å². The number of rotatable bonds is 5. The molecule has 1 aromatic carbocycles. The van der Waals surface area contributed by atoms with E-state index in [1.807, 2.05) is 18.2 Å². The number of benzene rings is 1. The van der Waals surface area contributed by atoms with Crippen LogP contribution in [0, 0.1) is 12.7 Å². The summed E-state index contributed by atoms with van der Waals surface area (Å²) in [4.78, 5) is 13.0. The highest BCUT2D eigenvalue weighted by Gasteiger charge is 2.31. The molecular formula is C21H22FN5O2S. The van der Waals surface area contributed by atoms with Gasteiger partial charge >= 0.3 is 0 Å². The summed E-state index contributed by atoms with van der Waals surface area (Å²) in [6, 6.07) is 11.2. The van der Waals surface area contributed by atoms with E-state index in [9.17, 15) is 12.8 Å². The van der Waals surface area contributed by atoms with Crippen LogP contribution in [0.3, 0.4) is 0 Å². The van der Waals surface area contributed by atoms with Crippen LogP contribution in [0.5, 0.6) is 0 Å². The first kappa shape index (κ1) is 20.4. The van der Waals surface area contributed by atoms with Crippen LogP contribution in [0.25, 0.3) is 0 Å². The molecule has 0 amide bonds. The molecule has 0 unspecified atom stereocenters. The van der Waals surface area contributed by atoms with E-state index in [4.69, 9.17) is 0 Å². The molecule has 4 rings (SSSR count). The Kier molecular flexibility index (Phi) is 5.74. The molecular weight excluding hydrogens is 405 g/mol. The SMILES string of the molecule is Cc1cc(S(=O)(=O)N2CCC[C@@H](c3cccc(Nc4ncccn4)n3)C2)ccc1F. The van der Waals surface area contributed by atoms with Crippen LogP contribution >= 0.6 is 0 Å². The third-order valence-corrected chi connectivity index (χ3v) is 7.01. The molecule has 0 bridgehead atoms. The number of hydrogen-bond donors (Lipinski definition) is 1. The number of pyridine rings is 1. The van der Waals surface area contributed by atoms with Crippen molar-refractivity contribution < 1.29 is 12.8 Å². The molecule has 1 fully saturated rings. The Morgan fingerprint density at radius 2 is 1.93 bits per heavy atom. The largest absolute Gasteiger partial charge is 0.309 e. The standard InChI is InChI=1S/C21H22FN5O2S/c1-15-13-17(8-9-18(15)22)30(28,29)27-12-3-5-16(14-27)19-6-2-7-20(25-19)26-21-23-10-4-11-24-21/h2,4,6-11,13,16H,3,5,12,14H2,1H3,(H,23,24,25,26)/t16-/m1/s1. The predicted molar refractivity (Wildman–Crippen MR) is 111 cm³/mol. The van der Waals surface area contributed by atoms with E-state index in [0.717, 1.165) is 18.5 Å². The monoisotopic (exact) mass is 427 g/mol. The molecule has 1 N–H and O–H groups in total. The first-order chi connectivity index (χ1) is 14.4. The molecule has 1 aliphatic heterocycles. The quantitative estimate of drug-likeness (QED) is 0.669. The zero-order valence-corrected chi connectivity index (χ0v) is 17.3. The van der Waals surface area contributed by atoms with E-state index < -0.39 is 15.8 Å². The summed E-state index contributed by atoms with van der Waals surface area (Å²) in [5.41, 5.74) is 1.12. The molecule has 0 aliphatic carbocycles. The van der Waals surface area contributed by atoms with Gasteiger partial charge in [0, 0.05) is 37.1 Å². The maximum absolute atomic E-state index is 13.6. The van der Waals surface area contributed by atoms with Crippen molar-refractivity contribution in [1.82, 2.24) is 19.3 Å². The van der Waals surface area contributed by atoms with Gasteiger partial charge in [-0.1, -0.05) is 6.07 Å². The normalized spacial score (nSPS) is 17.6. The van der Waals surface area contributed by atoms with Crippen molar-refractivity contribution in [2.45, 2.75) is 30.6 Å². The highest BCUT2D eigenvalue weighted by molar-refractivity contribution is 7.89. The van der Waals surface area contributed by atoms with Crippen LogP contribution < -0.4 is 5.32 Å². The molecule has 0 spiro atoms. The van der Waals surface area contributed by atoms with Gasteiger partial charge in [0.2, 0.25) is 16.0 Å². The van der Waals surface area contributed by atoms with Gasteiger partial charge < -0.3 is 5.32 Å². The van der Waals surface area contributed by atoms with Gasteiger partial charge in [0.15, 0.2) is 0 Å². The summed E-state index contributed by atoms with van der Waals surface area (Å²) in [5, 5.41) is 3.06. The maximum Gasteiger partial charge on any atom is 0.243 e. The van der Waals surface area contributed by atoms with Gasteiger partial charge in [0.05, 0.1) is 4.90 Å². The van der Waals surface area contributed by atoms with Crippen molar-refractivity contribution in [3.63, 3.8) is 0 Å². The number of nitrogens with one attached hydrogen (secondary N) is 1. The summed E-state index contributed by atoms with van der Waals surface area (Å²) in [6.45, 7) is 2.33. The summed E-state index contributed by atoms with van der Waals surface area (Å²) in [7, 11) is -3.70. The fourth-order valence-electron chi connectivity index (χ4n) is 3.56. The molecule has 7 nitrogen and oxygen atoms in total. The second-order valence-electron chi connectivity index (χ2n) is 7.26. The van der Waals surface area contributed by atoms with Crippen molar-refractivity contribution in [3.8, 4) is 0 Å². The molecule has 1 atom stereocenters. The van der Waals surface area contributed by atoms with Crippen LogP contribution in [0.15, 0.2) is 59.8 Å². The molecule has 3 aromatic rings. The van der Waals surface area contributed by atoms with Gasteiger partial charge in [0.25, 0.3) is 0 Å². The number of sulfonamides is 1. The van der Waals surface area contributed by atoms with E-state index in [-0.39, 0.29) is 10.8 Å². The van der Waals surface area contributed by atoms with Crippen LogP contribution in [0.1, 0.15) is 30.0 Å².